The summed E-state index contributed by atoms with van der Waals surface area (Å²) in [4.78, 5) is 2.36. The first-order chi connectivity index (χ1) is 10.2. The molecule has 1 fully saturated rings. The Morgan fingerprint density at radius 3 is 2.86 bits per heavy atom. The summed E-state index contributed by atoms with van der Waals surface area (Å²) in [5.74, 6) is 0. The molecule has 0 saturated carbocycles. The van der Waals surface area contributed by atoms with Crippen LogP contribution in [-0.2, 0) is 4.74 Å². The van der Waals surface area contributed by atoms with Crippen molar-refractivity contribution in [1.29, 1.82) is 0 Å². The van der Waals surface area contributed by atoms with Crippen LogP contribution in [0, 0.1) is 0 Å². The number of benzene rings is 1. The number of hydrogen-bond donors (Lipinski definition) is 1. The third kappa shape index (κ3) is 5.59. The molecule has 1 heterocycles. The summed E-state index contributed by atoms with van der Waals surface area (Å²) in [6.07, 6.45) is 3.83. The topological polar surface area (TPSA) is 24.5 Å². The summed E-state index contributed by atoms with van der Waals surface area (Å²) in [5.41, 5.74) is 1.27. The smallest absolute Gasteiger partial charge is 0.0599 e. The number of halogens is 1. The second-order valence-corrected chi connectivity index (χ2v) is 6.32. The van der Waals surface area contributed by atoms with Gasteiger partial charge in [0.2, 0.25) is 0 Å². The van der Waals surface area contributed by atoms with Gasteiger partial charge in [-0.15, -0.1) is 0 Å². The van der Waals surface area contributed by atoms with E-state index in [0.29, 0.717) is 12.1 Å². The molecule has 1 atom stereocenters. The zero-order valence-electron chi connectivity index (χ0n) is 13.1. The normalized spacial score (nSPS) is 18.1. The van der Waals surface area contributed by atoms with Crippen molar-refractivity contribution in [3.63, 3.8) is 0 Å². The van der Waals surface area contributed by atoms with E-state index in [1.54, 1.807) is 0 Å². The molecule has 118 valence electrons. The molecule has 1 aliphatic rings. The molecular weight excluding hydrogens is 284 g/mol. The molecule has 1 saturated heterocycles. The van der Waals surface area contributed by atoms with Crippen LogP contribution in [-0.4, -0.2) is 44.3 Å². The van der Waals surface area contributed by atoms with Gasteiger partial charge in [0, 0.05) is 24.2 Å². The molecule has 0 radical (unpaired) electrons. The lowest BCUT2D eigenvalue weighted by molar-refractivity contribution is 0.0274. The van der Waals surface area contributed by atoms with Crippen LogP contribution < -0.4 is 5.32 Å². The molecule has 0 bridgehead atoms. The molecule has 21 heavy (non-hydrogen) atoms. The van der Waals surface area contributed by atoms with E-state index in [1.807, 2.05) is 18.2 Å². The molecule has 0 aliphatic carbocycles. The Labute approximate surface area is 133 Å². The van der Waals surface area contributed by atoms with E-state index < -0.39 is 0 Å². The predicted molar refractivity (Wildman–Crippen MR) is 89.0 cm³/mol. The highest BCUT2D eigenvalue weighted by Gasteiger charge is 2.14. The van der Waals surface area contributed by atoms with Crippen molar-refractivity contribution in [2.24, 2.45) is 0 Å². The molecule has 1 aromatic rings. The quantitative estimate of drug-likeness (QED) is 0.780. The van der Waals surface area contributed by atoms with Gasteiger partial charge in [0.1, 0.15) is 0 Å². The van der Waals surface area contributed by atoms with E-state index in [4.69, 9.17) is 16.3 Å². The van der Waals surface area contributed by atoms with E-state index in [1.165, 1.54) is 5.56 Å². The zero-order valence-corrected chi connectivity index (χ0v) is 13.9. The monoisotopic (exact) mass is 310 g/mol. The molecule has 4 heteroatoms. The van der Waals surface area contributed by atoms with E-state index >= 15 is 0 Å². The molecule has 0 spiro atoms. The van der Waals surface area contributed by atoms with Gasteiger partial charge in [0.25, 0.3) is 0 Å². The highest BCUT2D eigenvalue weighted by molar-refractivity contribution is 6.30. The predicted octanol–water partition coefficient (Wildman–Crippen LogP) is 3.49. The summed E-state index contributed by atoms with van der Waals surface area (Å²) < 4.78 is 5.95. The van der Waals surface area contributed by atoms with Crippen LogP contribution in [0.3, 0.4) is 0 Å². The molecule has 1 N–H and O–H groups in total. The number of nitrogens with zero attached hydrogens (tertiary/aromatic N) is 1. The van der Waals surface area contributed by atoms with Crippen molar-refractivity contribution >= 4 is 11.6 Å². The Balaban J connectivity index is 1.67. The van der Waals surface area contributed by atoms with Crippen LogP contribution in [0.1, 0.15) is 37.8 Å². The van der Waals surface area contributed by atoms with Crippen LogP contribution in [0.2, 0.25) is 5.02 Å². The van der Waals surface area contributed by atoms with E-state index in [2.05, 4.69) is 30.3 Å². The van der Waals surface area contributed by atoms with Crippen molar-refractivity contribution in [2.75, 3.05) is 33.3 Å². The van der Waals surface area contributed by atoms with E-state index in [-0.39, 0.29) is 0 Å². The summed E-state index contributed by atoms with van der Waals surface area (Å²) in [6, 6.07) is 8.50. The largest absolute Gasteiger partial charge is 0.378 e. The fourth-order valence-corrected chi connectivity index (χ4v) is 2.94. The highest BCUT2D eigenvalue weighted by atomic mass is 35.5. The maximum atomic E-state index is 6.06. The zero-order chi connectivity index (χ0) is 15.1. The van der Waals surface area contributed by atoms with E-state index in [9.17, 15) is 0 Å². The molecular formula is C17H27ClN2O. The summed E-state index contributed by atoms with van der Waals surface area (Å²) in [7, 11) is 2.16. The minimum Gasteiger partial charge on any atom is -0.378 e. The molecule has 1 aliphatic heterocycles. The van der Waals surface area contributed by atoms with Gasteiger partial charge in [-0.05, 0) is 64.0 Å². The lowest BCUT2D eigenvalue weighted by atomic mass is 10.1. The van der Waals surface area contributed by atoms with Crippen molar-refractivity contribution in [1.82, 2.24) is 10.2 Å². The minimum absolute atomic E-state index is 0.377. The van der Waals surface area contributed by atoms with Crippen LogP contribution in [0.15, 0.2) is 24.3 Å². The maximum Gasteiger partial charge on any atom is 0.0599 e. The average molecular weight is 311 g/mol. The van der Waals surface area contributed by atoms with Gasteiger partial charge < -0.3 is 10.1 Å². The summed E-state index contributed by atoms with van der Waals surface area (Å²) in [6.45, 7) is 6.31. The van der Waals surface area contributed by atoms with Crippen molar-refractivity contribution in [3.8, 4) is 0 Å². The van der Waals surface area contributed by atoms with Gasteiger partial charge in [0.15, 0.2) is 0 Å². The molecule has 3 nitrogen and oxygen atoms in total. The molecule has 0 amide bonds. The number of piperidine rings is 1. The van der Waals surface area contributed by atoms with Gasteiger partial charge in [0.05, 0.1) is 6.10 Å². The van der Waals surface area contributed by atoms with Crippen molar-refractivity contribution in [3.05, 3.63) is 34.9 Å². The van der Waals surface area contributed by atoms with Gasteiger partial charge in [-0.25, -0.2) is 0 Å². The Kier molecular flexibility index (Phi) is 6.97. The SMILES string of the molecule is CC(c1cccc(Cl)c1)N(C)CCCOC1CCNCC1. The van der Waals surface area contributed by atoms with Gasteiger partial charge in [-0.3, -0.25) is 4.90 Å². The Hall–Kier alpha value is -0.610. The van der Waals surface area contributed by atoms with Crippen LogP contribution >= 0.6 is 11.6 Å². The summed E-state index contributed by atoms with van der Waals surface area (Å²) in [5, 5.41) is 4.17. The van der Waals surface area contributed by atoms with Crippen molar-refractivity contribution in [2.45, 2.75) is 38.3 Å². The second kappa shape index (κ2) is 8.74. The van der Waals surface area contributed by atoms with Crippen molar-refractivity contribution < 1.29 is 4.74 Å². The van der Waals surface area contributed by atoms with Crippen LogP contribution in [0.4, 0.5) is 0 Å². The first-order valence-electron chi connectivity index (χ1n) is 7.95. The maximum absolute atomic E-state index is 6.06. The molecule has 1 aromatic carbocycles. The van der Waals surface area contributed by atoms with Gasteiger partial charge in [-0.2, -0.15) is 0 Å². The van der Waals surface area contributed by atoms with Gasteiger partial charge >= 0.3 is 0 Å². The lowest BCUT2D eigenvalue weighted by Crippen LogP contribution is -2.33. The fourth-order valence-electron chi connectivity index (χ4n) is 2.74. The van der Waals surface area contributed by atoms with Crippen LogP contribution in [0.5, 0.6) is 0 Å². The third-order valence-corrected chi connectivity index (χ3v) is 4.52. The lowest BCUT2D eigenvalue weighted by Gasteiger charge is -2.26. The van der Waals surface area contributed by atoms with E-state index in [0.717, 1.165) is 50.5 Å². The third-order valence-electron chi connectivity index (χ3n) is 4.29. The molecule has 2 rings (SSSR count). The minimum atomic E-state index is 0.377. The number of nitrogens with one attached hydrogen (secondary N) is 1. The number of rotatable bonds is 7. The Morgan fingerprint density at radius 2 is 2.14 bits per heavy atom. The first kappa shape index (κ1) is 16.8. The molecule has 0 aromatic heterocycles. The Bertz CT molecular complexity index is 421. The first-order valence-corrected chi connectivity index (χ1v) is 8.32. The highest BCUT2D eigenvalue weighted by Crippen LogP contribution is 2.21. The number of hydrogen-bond acceptors (Lipinski definition) is 3. The second-order valence-electron chi connectivity index (χ2n) is 5.89. The van der Waals surface area contributed by atoms with Crippen LogP contribution in [0.25, 0.3) is 0 Å². The average Bonchev–Trinajstić information content (AvgIpc) is 2.51. The van der Waals surface area contributed by atoms with Gasteiger partial charge in [-0.1, -0.05) is 23.7 Å². The summed E-state index contributed by atoms with van der Waals surface area (Å²) >= 11 is 6.06. The molecule has 1 unspecified atom stereocenters. The standard InChI is InChI=1S/C17H27ClN2O/c1-14(15-5-3-6-16(18)13-15)20(2)11-4-12-21-17-7-9-19-10-8-17/h3,5-6,13-14,17,19H,4,7-12H2,1-2H3. The number of ether oxygens (including phenoxy) is 1. The fraction of sp³-hybridized carbons (Fsp3) is 0.647. The Morgan fingerprint density at radius 1 is 1.38 bits per heavy atom.